The van der Waals surface area contributed by atoms with Crippen molar-refractivity contribution in [3.63, 3.8) is 0 Å². The lowest BCUT2D eigenvalue weighted by atomic mass is 9.85. The molecule has 0 aliphatic carbocycles. The molecule has 18 heavy (non-hydrogen) atoms. The summed E-state index contributed by atoms with van der Waals surface area (Å²) in [6.07, 6.45) is 1.55. The Morgan fingerprint density at radius 3 is 2.22 bits per heavy atom. The van der Waals surface area contributed by atoms with E-state index >= 15 is 0 Å². The number of halogens is 1. The molecule has 1 aromatic rings. The van der Waals surface area contributed by atoms with Crippen LogP contribution in [0.3, 0.4) is 0 Å². The van der Waals surface area contributed by atoms with Crippen molar-refractivity contribution in [3.8, 4) is 5.88 Å². The Hall–Kier alpha value is -0.845. The van der Waals surface area contributed by atoms with E-state index in [-0.39, 0.29) is 11.0 Å². The van der Waals surface area contributed by atoms with Crippen molar-refractivity contribution < 1.29 is 14.0 Å². The molecule has 5 nitrogen and oxygen atoms in total. The maximum Gasteiger partial charge on any atom is 0.516 e. The molecule has 0 bridgehead atoms. The van der Waals surface area contributed by atoms with Crippen molar-refractivity contribution in [2.45, 2.75) is 38.9 Å². The highest BCUT2D eigenvalue weighted by atomic mass is 35.5. The topological polar surface area (TPSA) is 53.5 Å². The Kier molecular flexibility index (Phi) is 3.29. The summed E-state index contributed by atoms with van der Waals surface area (Å²) in [7, 11) is 0.926. The summed E-state index contributed by atoms with van der Waals surface area (Å²) in [5.74, 6) is 0.289. The molecule has 0 unspecified atom stereocenters. The molecule has 0 saturated carbocycles. The SMILES string of the molecule is COc1ncc(B2OC(C)(C)C(C)(C)O2)nc1Cl. The van der Waals surface area contributed by atoms with E-state index in [2.05, 4.69) is 9.97 Å². The van der Waals surface area contributed by atoms with Gasteiger partial charge in [-0.2, -0.15) is 0 Å². The van der Waals surface area contributed by atoms with Crippen molar-refractivity contribution in [1.29, 1.82) is 0 Å². The fourth-order valence-electron chi connectivity index (χ4n) is 1.58. The van der Waals surface area contributed by atoms with E-state index in [1.807, 2.05) is 27.7 Å². The van der Waals surface area contributed by atoms with Crippen LogP contribution >= 0.6 is 11.6 Å². The first-order valence-electron chi connectivity index (χ1n) is 5.69. The number of aromatic nitrogens is 2. The molecule has 0 atom stereocenters. The van der Waals surface area contributed by atoms with Crippen molar-refractivity contribution >= 4 is 24.3 Å². The van der Waals surface area contributed by atoms with Crippen LogP contribution in [0.25, 0.3) is 0 Å². The summed E-state index contributed by atoms with van der Waals surface area (Å²) in [6.45, 7) is 7.91. The molecular formula is C11H16BClN2O3. The van der Waals surface area contributed by atoms with E-state index < -0.39 is 18.3 Å². The Bertz CT molecular complexity index is 452. The predicted molar refractivity (Wildman–Crippen MR) is 69.3 cm³/mol. The lowest BCUT2D eigenvalue weighted by Gasteiger charge is -2.32. The minimum atomic E-state index is -0.564. The smallest absolute Gasteiger partial charge is 0.479 e. The van der Waals surface area contributed by atoms with Crippen LogP contribution < -0.4 is 10.3 Å². The third-order valence-electron chi connectivity index (χ3n) is 3.41. The van der Waals surface area contributed by atoms with Gasteiger partial charge in [-0.15, -0.1) is 0 Å². The molecular weight excluding hydrogens is 254 g/mol. The summed E-state index contributed by atoms with van der Waals surface area (Å²) in [5, 5.41) is 0.199. The molecule has 0 radical (unpaired) electrons. The third-order valence-corrected chi connectivity index (χ3v) is 3.65. The van der Waals surface area contributed by atoms with Crippen LogP contribution in [-0.4, -0.2) is 35.4 Å². The molecule has 0 aromatic carbocycles. The fourth-order valence-corrected chi connectivity index (χ4v) is 1.81. The minimum absolute atomic E-state index is 0.199. The van der Waals surface area contributed by atoms with E-state index in [1.54, 1.807) is 6.20 Å². The van der Waals surface area contributed by atoms with Crippen LogP contribution in [0.1, 0.15) is 27.7 Å². The number of rotatable bonds is 2. The van der Waals surface area contributed by atoms with Crippen LogP contribution in [0.5, 0.6) is 5.88 Å². The van der Waals surface area contributed by atoms with Gasteiger partial charge in [0.2, 0.25) is 0 Å². The van der Waals surface area contributed by atoms with Gasteiger partial charge in [0.05, 0.1) is 23.9 Å². The van der Waals surface area contributed by atoms with Crippen LogP contribution in [-0.2, 0) is 9.31 Å². The van der Waals surface area contributed by atoms with E-state index in [0.717, 1.165) is 0 Å². The van der Waals surface area contributed by atoms with Gasteiger partial charge in [0.1, 0.15) is 0 Å². The van der Waals surface area contributed by atoms with Crippen LogP contribution in [0, 0.1) is 0 Å². The molecule has 1 aliphatic rings. The summed E-state index contributed by atoms with van der Waals surface area (Å²) < 4.78 is 16.7. The molecule has 0 spiro atoms. The second-order valence-electron chi connectivity index (χ2n) is 5.18. The summed E-state index contributed by atoms with van der Waals surface area (Å²) >= 11 is 5.94. The van der Waals surface area contributed by atoms with Crippen molar-refractivity contribution in [3.05, 3.63) is 11.3 Å². The molecule has 7 heteroatoms. The number of hydrogen-bond acceptors (Lipinski definition) is 5. The highest BCUT2D eigenvalue weighted by molar-refractivity contribution is 6.61. The first-order chi connectivity index (χ1) is 8.27. The highest BCUT2D eigenvalue weighted by Crippen LogP contribution is 2.36. The van der Waals surface area contributed by atoms with Gasteiger partial charge in [-0.3, -0.25) is 0 Å². The molecule has 1 saturated heterocycles. The molecule has 0 N–H and O–H groups in total. The first kappa shape index (κ1) is 13.6. The van der Waals surface area contributed by atoms with E-state index in [9.17, 15) is 0 Å². The average Bonchev–Trinajstić information content (AvgIpc) is 2.48. The third kappa shape index (κ3) is 2.20. The lowest BCUT2D eigenvalue weighted by Crippen LogP contribution is -2.41. The molecule has 2 rings (SSSR count). The Labute approximate surface area is 112 Å². The molecule has 98 valence electrons. The molecule has 1 aliphatic heterocycles. The normalized spacial score (nSPS) is 21.1. The summed E-state index contributed by atoms with van der Waals surface area (Å²) in [5.41, 5.74) is -0.281. The maximum absolute atomic E-state index is 5.94. The predicted octanol–water partition coefficient (Wildman–Crippen LogP) is 1.44. The minimum Gasteiger partial charge on any atom is -0.479 e. The zero-order valence-electron chi connectivity index (χ0n) is 11.2. The zero-order chi connectivity index (χ0) is 13.6. The maximum atomic E-state index is 5.94. The summed E-state index contributed by atoms with van der Waals surface area (Å²) in [4.78, 5) is 8.25. The van der Waals surface area contributed by atoms with Crippen LogP contribution in [0.15, 0.2) is 6.20 Å². The van der Waals surface area contributed by atoms with E-state index in [1.165, 1.54) is 7.11 Å². The molecule has 1 fully saturated rings. The lowest BCUT2D eigenvalue weighted by molar-refractivity contribution is 0.00578. The van der Waals surface area contributed by atoms with Gasteiger partial charge >= 0.3 is 7.12 Å². The van der Waals surface area contributed by atoms with Gasteiger partial charge in [0.25, 0.3) is 5.88 Å². The van der Waals surface area contributed by atoms with Crippen LogP contribution in [0.4, 0.5) is 0 Å². The largest absolute Gasteiger partial charge is 0.516 e. The number of methoxy groups -OCH3 is 1. The van der Waals surface area contributed by atoms with E-state index in [4.69, 9.17) is 25.6 Å². The van der Waals surface area contributed by atoms with Gasteiger partial charge in [0, 0.05) is 6.20 Å². The Balaban J connectivity index is 2.27. The number of ether oxygens (including phenoxy) is 1. The standard InChI is InChI=1S/C11H16BClN2O3/c1-10(2)11(3,4)18-12(17-10)7-6-14-9(16-5)8(13)15-7/h6H,1-5H3. The fraction of sp³-hybridized carbons (Fsp3) is 0.636. The molecule has 2 heterocycles. The van der Waals surface area contributed by atoms with Gasteiger partial charge in [-0.1, -0.05) is 11.6 Å². The highest BCUT2D eigenvalue weighted by Gasteiger charge is 2.52. The zero-order valence-corrected chi connectivity index (χ0v) is 11.9. The van der Waals surface area contributed by atoms with Gasteiger partial charge in [-0.05, 0) is 27.7 Å². The van der Waals surface area contributed by atoms with Crippen LogP contribution in [0.2, 0.25) is 5.15 Å². The number of nitrogens with zero attached hydrogens (tertiary/aromatic N) is 2. The Morgan fingerprint density at radius 2 is 1.78 bits per heavy atom. The van der Waals surface area contributed by atoms with Gasteiger partial charge in [-0.25, -0.2) is 9.97 Å². The van der Waals surface area contributed by atoms with Gasteiger partial charge in [0.15, 0.2) is 5.15 Å². The monoisotopic (exact) mass is 270 g/mol. The second kappa shape index (κ2) is 4.37. The first-order valence-corrected chi connectivity index (χ1v) is 6.07. The quantitative estimate of drug-likeness (QED) is 0.761. The van der Waals surface area contributed by atoms with Crippen molar-refractivity contribution in [2.75, 3.05) is 7.11 Å². The van der Waals surface area contributed by atoms with Crippen molar-refractivity contribution in [2.24, 2.45) is 0 Å². The summed E-state index contributed by atoms with van der Waals surface area (Å²) in [6, 6.07) is 0. The molecule has 0 amide bonds. The average molecular weight is 271 g/mol. The number of hydrogen-bond donors (Lipinski definition) is 0. The van der Waals surface area contributed by atoms with Crippen molar-refractivity contribution in [1.82, 2.24) is 9.97 Å². The van der Waals surface area contributed by atoms with E-state index in [0.29, 0.717) is 5.59 Å². The molecule has 1 aromatic heterocycles. The van der Waals surface area contributed by atoms with Gasteiger partial charge < -0.3 is 14.0 Å². The second-order valence-corrected chi connectivity index (χ2v) is 5.54. The Morgan fingerprint density at radius 1 is 1.22 bits per heavy atom.